The standard InChI is InChI=1S/C21H23N3O2/c1-14(2)24(21(25)18-11-10-15(3)12-16(18)4)13-19-22-20(23-26-19)17-8-6-5-7-9-17/h5-12,14H,13H2,1-4H3. The molecule has 3 aromatic rings. The topological polar surface area (TPSA) is 59.2 Å². The lowest BCUT2D eigenvalue weighted by Crippen LogP contribution is -2.36. The van der Waals surface area contributed by atoms with Crippen LogP contribution in [-0.4, -0.2) is 27.0 Å². The number of hydrogen-bond acceptors (Lipinski definition) is 4. The summed E-state index contributed by atoms with van der Waals surface area (Å²) in [5.74, 6) is 0.927. The largest absolute Gasteiger partial charge is 0.337 e. The maximum atomic E-state index is 13.0. The van der Waals surface area contributed by atoms with Crippen molar-refractivity contribution in [1.82, 2.24) is 15.0 Å². The molecule has 5 heteroatoms. The Morgan fingerprint density at radius 3 is 2.50 bits per heavy atom. The molecule has 0 aliphatic heterocycles. The lowest BCUT2D eigenvalue weighted by Gasteiger charge is -2.26. The number of hydrogen-bond donors (Lipinski definition) is 0. The fraction of sp³-hybridized carbons (Fsp3) is 0.286. The maximum absolute atomic E-state index is 13.0. The first-order valence-electron chi connectivity index (χ1n) is 8.72. The fourth-order valence-corrected chi connectivity index (χ4v) is 2.87. The average molecular weight is 349 g/mol. The van der Waals surface area contributed by atoms with Gasteiger partial charge in [0, 0.05) is 17.2 Å². The molecule has 0 saturated carbocycles. The Bertz CT molecular complexity index is 901. The number of carbonyl (C=O) groups excluding carboxylic acids is 1. The van der Waals surface area contributed by atoms with Crippen LogP contribution in [0.5, 0.6) is 0 Å². The van der Waals surface area contributed by atoms with Gasteiger partial charge in [-0.25, -0.2) is 0 Å². The highest BCUT2D eigenvalue weighted by Crippen LogP contribution is 2.19. The Morgan fingerprint density at radius 1 is 1.12 bits per heavy atom. The second-order valence-corrected chi connectivity index (χ2v) is 6.72. The number of benzene rings is 2. The highest BCUT2D eigenvalue weighted by atomic mass is 16.5. The van der Waals surface area contributed by atoms with Crippen LogP contribution in [0.25, 0.3) is 11.4 Å². The second-order valence-electron chi connectivity index (χ2n) is 6.72. The molecule has 0 spiro atoms. The van der Waals surface area contributed by atoms with E-state index in [1.54, 1.807) is 4.90 Å². The lowest BCUT2D eigenvalue weighted by atomic mass is 10.0. The van der Waals surface area contributed by atoms with E-state index in [2.05, 4.69) is 10.1 Å². The van der Waals surface area contributed by atoms with Crippen molar-refractivity contribution in [2.45, 2.75) is 40.3 Å². The Morgan fingerprint density at radius 2 is 1.85 bits per heavy atom. The summed E-state index contributed by atoms with van der Waals surface area (Å²) in [5.41, 5.74) is 3.70. The number of nitrogens with zero attached hydrogens (tertiary/aromatic N) is 3. The first-order valence-corrected chi connectivity index (χ1v) is 8.72. The molecule has 0 atom stereocenters. The zero-order valence-corrected chi connectivity index (χ0v) is 15.6. The molecule has 2 aromatic carbocycles. The Balaban J connectivity index is 1.83. The predicted octanol–water partition coefficient (Wildman–Crippen LogP) is 4.40. The molecular formula is C21H23N3O2. The van der Waals surface area contributed by atoms with Crippen LogP contribution in [0.4, 0.5) is 0 Å². The summed E-state index contributed by atoms with van der Waals surface area (Å²) in [6, 6.07) is 15.5. The second kappa shape index (κ2) is 7.52. The van der Waals surface area contributed by atoms with E-state index in [1.807, 2.05) is 76.2 Å². The number of amides is 1. The van der Waals surface area contributed by atoms with Gasteiger partial charge in [-0.3, -0.25) is 4.79 Å². The molecule has 0 fully saturated rings. The SMILES string of the molecule is Cc1ccc(C(=O)N(Cc2nc(-c3ccccc3)no2)C(C)C)c(C)c1. The van der Waals surface area contributed by atoms with E-state index < -0.39 is 0 Å². The van der Waals surface area contributed by atoms with Crippen molar-refractivity contribution in [3.63, 3.8) is 0 Å². The maximum Gasteiger partial charge on any atom is 0.254 e. The highest BCUT2D eigenvalue weighted by Gasteiger charge is 2.23. The van der Waals surface area contributed by atoms with E-state index in [4.69, 9.17) is 4.52 Å². The minimum Gasteiger partial charge on any atom is -0.337 e. The first kappa shape index (κ1) is 17.9. The summed E-state index contributed by atoms with van der Waals surface area (Å²) in [7, 11) is 0. The van der Waals surface area contributed by atoms with Crippen LogP contribution in [-0.2, 0) is 6.54 Å². The van der Waals surface area contributed by atoms with Crippen molar-refractivity contribution in [2.24, 2.45) is 0 Å². The molecule has 0 aliphatic carbocycles. The van der Waals surface area contributed by atoms with Crippen molar-refractivity contribution in [3.05, 3.63) is 71.1 Å². The monoisotopic (exact) mass is 349 g/mol. The number of aromatic nitrogens is 2. The third kappa shape index (κ3) is 3.82. The zero-order chi connectivity index (χ0) is 18.7. The van der Waals surface area contributed by atoms with Crippen molar-refractivity contribution < 1.29 is 9.32 Å². The van der Waals surface area contributed by atoms with E-state index in [0.29, 0.717) is 17.3 Å². The van der Waals surface area contributed by atoms with Gasteiger partial charge in [-0.05, 0) is 39.3 Å². The van der Waals surface area contributed by atoms with Crippen molar-refractivity contribution >= 4 is 5.91 Å². The van der Waals surface area contributed by atoms with Gasteiger partial charge in [-0.2, -0.15) is 4.98 Å². The average Bonchev–Trinajstić information content (AvgIpc) is 3.08. The molecule has 1 aromatic heterocycles. The third-order valence-corrected chi connectivity index (χ3v) is 4.30. The van der Waals surface area contributed by atoms with Gasteiger partial charge in [-0.1, -0.05) is 53.2 Å². The Kier molecular flexibility index (Phi) is 5.16. The van der Waals surface area contributed by atoms with E-state index in [-0.39, 0.29) is 18.5 Å². The van der Waals surface area contributed by atoms with Gasteiger partial charge in [0.05, 0.1) is 0 Å². The van der Waals surface area contributed by atoms with Gasteiger partial charge < -0.3 is 9.42 Å². The summed E-state index contributed by atoms with van der Waals surface area (Å²) < 4.78 is 5.38. The molecule has 0 radical (unpaired) electrons. The van der Waals surface area contributed by atoms with Crippen LogP contribution in [0.2, 0.25) is 0 Å². The third-order valence-electron chi connectivity index (χ3n) is 4.30. The summed E-state index contributed by atoms with van der Waals surface area (Å²) in [6.45, 7) is 8.22. The van der Waals surface area contributed by atoms with E-state index in [9.17, 15) is 4.79 Å². The molecule has 1 heterocycles. The summed E-state index contributed by atoms with van der Waals surface area (Å²) in [4.78, 5) is 19.2. The Hall–Kier alpha value is -2.95. The number of carbonyl (C=O) groups is 1. The van der Waals surface area contributed by atoms with Crippen LogP contribution in [0, 0.1) is 13.8 Å². The molecular weight excluding hydrogens is 326 g/mol. The molecule has 1 amide bonds. The molecule has 5 nitrogen and oxygen atoms in total. The molecule has 134 valence electrons. The normalized spacial score (nSPS) is 11.0. The minimum atomic E-state index is -0.0306. The summed E-state index contributed by atoms with van der Waals surface area (Å²) >= 11 is 0. The molecule has 0 unspecified atom stereocenters. The molecule has 26 heavy (non-hydrogen) atoms. The van der Waals surface area contributed by atoms with Crippen LogP contribution >= 0.6 is 0 Å². The van der Waals surface area contributed by atoms with Gasteiger partial charge in [0.2, 0.25) is 11.7 Å². The van der Waals surface area contributed by atoms with Gasteiger partial charge >= 0.3 is 0 Å². The smallest absolute Gasteiger partial charge is 0.254 e. The molecule has 0 aliphatic rings. The summed E-state index contributed by atoms with van der Waals surface area (Å²) in [5, 5.41) is 4.04. The zero-order valence-electron chi connectivity index (χ0n) is 15.6. The van der Waals surface area contributed by atoms with E-state index in [0.717, 1.165) is 16.7 Å². The number of rotatable bonds is 5. The minimum absolute atomic E-state index is 0.00952. The quantitative estimate of drug-likeness (QED) is 0.685. The van der Waals surface area contributed by atoms with Crippen LogP contribution < -0.4 is 0 Å². The van der Waals surface area contributed by atoms with Crippen LogP contribution in [0.1, 0.15) is 41.2 Å². The predicted molar refractivity (Wildman–Crippen MR) is 101 cm³/mol. The van der Waals surface area contributed by atoms with Gasteiger partial charge in [0.25, 0.3) is 5.91 Å². The molecule has 0 N–H and O–H groups in total. The summed E-state index contributed by atoms with van der Waals surface area (Å²) in [6.07, 6.45) is 0. The van der Waals surface area contributed by atoms with Crippen molar-refractivity contribution in [2.75, 3.05) is 0 Å². The van der Waals surface area contributed by atoms with Gasteiger partial charge in [0.1, 0.15) is 6.54 Å². The highest BCUT2D eigenvalue weighted by molar-refractivity contribution is 5.95. The van der Waals surface area contributed by atoms with E-state index in [1.165, 1.54) is 0 Å². The van der Waals surface area contributed by atoms with E-state index >= 15 is 0 Å². The first-order chi connectivity index (χ1) is 12.5. The molecule has 0 saturated heterocycles. The van der Waals surface area contributed by atoms with Crippen molar-refractivity contribution in [3.8, 4) is 11.4 Å². The number of aryl methyl sites for hydroxylation is 2. The fourth-order valence-electron chi connectivity index (χ4n) is 2.87. The lowest BCUT2D eigenvalue weighted by molar-refractivity contribution is 0.0666. The molecule has 3 rings (SSSR count). The Labute approximate surface area is 153 Å². The van der Waals surface area contributed by atoms with Crippen LogP contribution in [0.3, 0.4) is 0 Å². The molecule has 0 bridgehead atoms. The van der Waals surface area contributed by atoms with Gasteiger partial charge in [-0.15, -0.1) is 0 Å². The van der Waals surface area contributed by atoms with Crippen molar-refractivity contribution in [1.29, 1.82) is 0 Å². The van der Waals surface area contributed by atoms with Gasteiger partial charge in [0.15, 0.2) is 0 Å². The van der Waals surface area contributed by atoms with Crippen LogP contribution in [0.15, 0.2) is 53.1 Å².